The van der Waals surface area contributed by atoms with Crippen LogP contribution >= 0.6 is 34.5 Å². The minimum absolute atomic E-state index is 0.222. The van der Waals surface area contributed by atoms with E-state index in [4.69, 9.17) is 23.2 Å². The molecule has 17 heavy (non-hydrogen) atoms. The quantitative estimate of drug-likeness (QED) is 0.895. The third-order valence-electron chi connectivity index (χ3n) is 2.26. The zero-order valence-electron chi connectivity index (χ0n) is 9.00. The van der Waals surface area contributed by atoms with E-state index < -0.39 is 0 Å². The summed E-state index contributed by atoms with van der Waals surface area (Å²) >= 11 is 13.2. The highest BCUT2D eigenvalue weighted by molar-refractivity contribution is 7.15. The molecule has 0 spiro atoms. The van der Waals surface area contributed by atoms with E-state index in [2.05, 4.69) is 10.3 Å². The molecule has 1 aromatic carbocycles. The Labute approximate surface area is 113 Å². The van der Waals surface area contributed by atoms with Gasteiger partial charge < -0.3 is 10.4 Å². The minimum Gasteiger partial charge on any atom is -0.508 e. The summed E-state index contributed by atoms with van der Waals surface area (Å²) in [7, 11) is 0. The van der Waals surface area contributed by atoms with Gasteiger partial charge in [-0.3, -0.25) is 0 Å². The molecule has 0 saturated carbocycles. The van der Waals surface area contributed by atoms with Crippen LogP contribution in [0, 0.1) is 6.92 Å². The zero-order valence-corrected chi connectivity index (χ0v) is 11.3. The number of aromatic nitrogens is 1. The van der Waals surface area contributed by atoms with Crippen LogP contribution < -0.4 is 5.32 Å². The number of aromatic hydroxyl groups is 1. The van der Waals surface area contributed by atoms with Crippen LogP contribution in [-0.4, -0.2) is 10.1 Å². The van der Waals surface area contributed by atoms with Gasteiger partial charge in [0.05, 0.1) is 17.3 Å². The Kier molecular flexibility index (Phi) is 3.76. The second-order valence-electron chi connectivity index (χ2n) is 3.55. The zero-order chi connectivity index (χ0) is 12.4. The Balaban J connectivity index is 2.11. The Hall–Kier alpha value is -0.970. The molecule has 0 atom stereocenters. The van der Waals surface area contributed by atoms with Crippen LogP contribution in [0.2, 0.25) is 9.49 Å². The number of benzene rings is 1. The summed E-state index contributed by atoms with van der Waals surface area (Å²) in [5, 5.41) is 13.3. The van der Waals surface area contributed by atoms with Crippen molar-refractivity contribution in [3.63, 3.8) is 0 Å². The first-order valence-corrected chi connectivity index (χ1v) is 6.46. The van der Waals surface area contributed by atoms with Crippen LogP contribution in [-0.2, 0) is 6.54 Å². The lowest BCUT2D eigenvalue weighted by Crippen LogP contribution is -1.98. The molecular weight excluding hydrogens is 279 g/mol. The van der Waals surface area contributed by atoms with Gasteiger partial charge in [-0.1, -0.05) is 23.2 Å². The Morgan fingerprint density at radius 2 is 2.18 bits per heavy atom. The Morgan fingerprint density at radius 3 is 2.82 bits per heavy atom. The van der Waals surface area contributed by atoms with E-state index in [-0.39, 0.29) is 5.75 Å². The van der Waals surface area contributed by atoms with Gasteiger partial charge in [0.2, 0.25) is 0 Å². The third-order valence-corrected chi connectivity index (χ3v) is 3.69. The molecule has 2 aromatic rings. The number of hydrogen-bond acceptors (Lipinski definition) is 4. The number of aryl methyl sites for hydroxylation is 1. The first-order valence-electron chi connectivity index (χ1n) is 4.89. The average Bonchev–Trinajstić information content (AvgIpc) is 2.68. The fraction of sp³-hybridized carbons (Fsp3) is 0.182. The van der Waals surface area contributed by atoms with Crippen molar-refractivity contribution in [2.45, 2.75) is 13.5 Å². The Morgan fingerprint density at radius 1 is 1.41 bits per heavy atom. The highest BCUT2D eigenvalue weighted by Gasteiger charge is 2.06. The largest absolute Gasteiger partial charge is 0.508 e. The maximum atomic E-state index is 9.60. The minimum atomic E-state index is 0.222. The van der Waals surface area contributed by atoms with Crippen molar-refractivity contribution in [3.05, 3.63) is 38.3 Å². The predicted molar refractivity (Wildman–Crippen MR) is 72.3 cm³/mol. The summed E-state index contributed by atoms with van der Waals surface area (Å²) < 4.78 is 0.514. The molecule has 0 radical (unpaired) electrons. The number of nitrogens with zero attached hydrogens (tertiary/aromatic N) is 1. The molecule has 2 N–H and O–H groups in total. The molecule has 0 saturated heterocycles. The maximum absolute atomic E-state index is 9.60. The van der Waals surface area contributed by atoms with Gasteiger partial charge in [-0.05, 0) is 18.6 Å². The monoisotopic (exact) mass is 288 g/mol. The summed E-state index contributed by atoms with van der Waals surface area (Å²) in [6, 6.07) is 3.33. The molecule has 0 aliphatic rings. The molecule has 3 nitrogen and oxygen atoms in total. The molecule has 0 unspecified atom stereocenters. The van der Waals surface area contributed by atoms with E-state index in [1.54, 1.807) is 25.3 Å². The molecule has 1 aromatic heterocycles. The molecule has 0 aliphatic heterocycles. The summed E-state index contributed by atoms with van der Waals surface area (Å²) in [4.78, 5) is 4.95. The van der Waals surface area contributed by atoms with E-state index >= 15 is 0 Å². The van der Waals surface area contributed by atoms with E-state index in [9.17, 15) is 5.11 Å². The normalized spacial score (nSPS) is 10.5. The SMILES string of the molecule is Cc1cc(Cl)c(NCc2cnc(Cl)s2)cc1O. The van der Waals surface area contributed by atoms with Gasteiger partial charge in [-0.2, -0.15) is 0 Å². The second kappa shape index (κ2) is 5.12. The first kappa shape index (κ1) is 12.5. The summed E-state index contributed by atoms with van der Waals surface area (Å²) in [5.41, 5.74) is 1.45. The van der Waals surface area contributed by atoms with Crippen molar-refractivity contribution < 1.29 is 5.11 Å². The fourth-order valence-corrected chi connectivity index (χ4v) is 2.55. The van der Waals surface area contributed by atoms with Crippen LogP contribution in [0.25, 0.3) is 0 Å². The molecule has 6 heteroatoms. The molecule has 90 valence electrons. The molecule has 0 amide bonds. The van der Waals surface area contributed by atoms with E-state index in [0.29, 0.717) is 21.7 Å². The predicted octanol–water partition coefficient (Wildman–Crippen LogP) is 4.08. The molecule has 0 bridgehead atoms. The standard InChI is InChI=1S/C11H10Cl2N2OS/c1-6-2-8(12)9(3-10(6)16)14-4-7-5-15-11(13)17-7/h2-3,5,14,16H,4H2,1H3. The fourth-order valence-electron chi connectivity index (χ4n) is 1.34. The summed E-state index contributed by atoms with van der Waals surface area (Å²) in [6.07, 6.45) is 1.71. The van der Waals surface area contributed by atoms with Crippen molar-refractivity contribution in [3.8, 4) is 5.75 Å². The number of anilines is 1. The van der Waals surface area contributed by atoms with Crippen LogP contribution in [0.1, 0.15) is 10.4 Å². The number of phenols is 1. The lowest BCUT2D eigenvalue weighted by molar-refractivity contribution is 0.471. The van der Waals surface area contributed by atoms with Crippen molar-refractivity contribution in [2.24, 2.45) is 0 Å². The van der Waals surface area contributed by atoms with Crippen molar-refractivity contribution in [1.82, 2.24) is 4.98 Å². The smallest absolute Gasteiger partial charge is 0.183 e. The second-order valence-corrected chi connectivity index (χ2v) is 5.66. The van der Waals surface area contributed by atoms with Gasteiger partial charge in [-0.15, -0.1) is 11.3 Å². The van der Waals surface area contributed by atoms with Gasteiger partial charge in [0.25, 0.3) is 0 Å². The number of thiazole rings is 1. The van der Waals surface area contributed by atoms with Crippen LogP contribution in [0.15, 0.2) is 18.3 Å². The van der Waals surface area contributed by atoms with Gasteiger partial charge >= 0.3 is 0 Å². The average molecular weight is 289 g/mol. The van der Waals surface area contributed by atoms with E-state index in [0.717, 1.165) is 10.4 Å². The van der Waals surface area contributed by atoms with Gasteiger partial charge in [0.15, 0.2) is 4.47 Å². The number of halogens is 2. The maximum Gasteiger partial charge on any atom is 0.183 e. The summed E-state index contributed by atoms with van der Waals surface area (Å²) in [5.74, 6) is 0.222. The van der Waals surface area contributed by atoms with Gasteiger partial charge in [-0.25, -0.2) is 4.98 Å². The van der Waals surface area contributed by atoms with Crippen molar-refractivity contribution in [1.29, 1.82) is 0 Å². The molecule has 1 heterocycles. The Bertz CT molecular complexity index is 542. The van der Waals surface area contributed by atoms with Crippen LogP contribution in [0.5, 0.6) is 5.75 Å². The lowest BCUT2D eigenvalue weighted by atomic mass is 10.2. The van der Waals surface area contributed by atoms with Crippen LogP contribution in [0.4, 0.5) is 5.69 Å². The van der Waals surface area contributed by atoms with Crippen molar-refractivity contribution in [2.75, 3.05) is 5.32 Å². The molecular formula is C11H10Cl2N2OS. The molecule has 2 rings (SSSR count). The van der Waals surface area contributed by atoms with Gasteiger partial charge in [0.1, 0.15) is 5.75 Å². The molecule has 0 fully saturated rings. The van der Waals surface area contributed by atoms with Crippen molar-refractivity contribution >= 4 is 40.2 Å². The topological polar surface area (TPSA) is 45.2 Å². The van der Waals surface area contributed by atoms with E-state index in [1.165, 1.54) is 11.3 Å². The number of nitrogens with one attached hydrogen (secondary N) is 1. The number of phenolic OH excluding ortho intramolecular Hbond substituents is 1. The lowest BCUT2D eigenvalue weighted by Gasteiger charge is -2.09. The third kappa shape index (κ3) is 3.03. The van der Waals surface area contributed by atoms with E-state index in [1.807, 2.05) is 0 Å². The first-order chi connectivity index (χ1) is 8.06. The highest BCUT2D eigenvalue weighted by Crippen LogP contribution is 2.30. The summed E-state index contributed by atoms with van der Waals surface area (Å²) in [6.45, 7) is 2.38. The highest BCUT2D eigenvalue weighted by atomic mass is 35.5. The number of hydrogen-bond donors (Lipinski definition) is 2. The van der Waals surface area contributed by atoms with Gasteiger partial charge in [0, 0.05) is 17.1 Å². The molecule has 0 aliphatic carbocycles. The number of rotatable bonds is 3. The van der Waals surface area contributed by atoms with Crippen LogP contribution in [0.3, 0.4) is 0 Å².